The summed E-state index contributed by atoms with van der Waals surface area (Å²) in [5, 5.41) is 7.41. The van der Waals surface area contributed by atoms with Gasteiger partial charge in [0.25, 0.3) is 5.91 Å². The second-order valence-corrected chi connectivity index (χ2v) is 10.1. The SMILES string of the molecule is Cc1cc(Cl)ccc1N=C1NC(=O)C(=Cc2cnc(NC(=O)C3CCN(C)CC3)s2)S1. The van der Waals surface area contributed by atoms with Crippen molar-refractivity contribution in [2.45, 2.75) is 19.8 Å². The molecule has 0 saturated carbocycles. The minimum absolute atomic E-state index is 0.0161. The van der Waals surface area contributed by atoms with Gasteiger partial charge in [0.2, 0.25) is 5.91 Å². The predicted molar refractivity (Wildman–Crippen MR) is 128 cm³/mol. The highest BCUT2D eigenvalue weighted by atomic mass is 35.5. The van der Waals surface area contributed by atoms with Gasteiger partial charge in [-0.15, -0.1) is 0 Å². The zero-order valence-electron chi connectivity index (χ0n) is 17.1. The number of carbonyl (C=O) groups is 2. The molecule has 2 amide bonds. The Bertz CT molecular complexity index is 1070. The van der Waals surface area contributed by atoms with Gasteiger partial charge in [0, 0.05) is 17.1 Å². The van der Waals surface area contributed by atoms with E-state index in [2.05, 4.69) is 32.6 Å². The topological polar surface area (TPSA) is 86.7 Å². The van der Waals surface area contributed by atoms with Gasteiger partial charge in [-0.1, -0.05) is 22.9 Å². The van der Waals surface area contributed by atoms with Crippen molar-refractivity contribution in [2.24, 2.45) is 10.9 Å². The summed E-state index contributed by atoms with van der Waals surface area (Å²) in [5.74, 6) is -0.170. The second-order valence-electron chi connectivity index (χ2n) is 7.55. The number of nitrogens with zero attached hydrogens (tertiary/aromatic N) is 3. The summed E-state index contributed by atoms with van der Waals surface area (Å²) in [7, 11) is 2.07. The largest absolute Gasteiger partial charge is 0.306 e. The molecule has 10 heteroatoms. The van der Waals surface area contributed by atoms with Crippen molar-refractivity contribution in [3.8, 4) is 0 Å². The standard InChI is InChI=1S/C21H22ClN5O2S2/c1-12-9-14(22)3-4-16(12)24-21-26-19(29)17(31-21)10-15-11-23-20(30-15)25-18(28)13-5-7-27(2)8-6-13/h3-4,9-11,13H,5-8H2,1-2H3,(H,23,25,28)(H,24,26,29). The van der Waals surface area contributed by atoms with Gasteiger partial charge in [-0.3, -0.25) is 9.59 Å². The molecular weight excluding hydrogens is 454 g/mol. The van der Waals surface area contributed by atoms with E-state index in [-0.39, 0.29) is 17.7 Å². The van der Waals surface area contributed by atoms with Gasteiger partial charge in [-0.25, -0.2) is 9.98 Å². The van der Waals surface area contributed by atoms with Crippen molar-refractivity contribution in [3.63, 3.8) is 0 Å². The van der Waals surface area contributed by atoms with E-state index in [9.17, 15) is 9.59 Å². The van der Waals surface area contributed by atoms with Crippen molar-refractivity contribution < 1.29 is 9.59 Å². The van der Waals surface area contributed by atoms with Gasteiger partial charge in [0.1, 0.15) is 0 Å². The molecule has 2 fully saturated rings. The first-order valence-electron chi connectivity index (χ1n) is 9.88. The first-order chi connectivity index (χ1) is 14.9. The van der Waals surface area contributed by atoms with Crippen LogP contribution in [0, 0.1) is 12.8 Å². The van der Waals surface area contributed by atoms with Crippen LogP contribution in [-0.4, -0.2) is 47.0 Å². The van der Waals surface area contributed by atoms with E-state index in [1.165, 1.54) is 23.1 Å². The van der Waals surface area contributed by atoms with Crippen molar-refractivity contribution in [1.82, 2.24) is 15.2 Å². The average molecular weight is 476 g/mol. The fourth-order valence-electron chi connectivity index (χ4n) is 3.35. The van der Waals surface area contributed by atoms with Gasteiger partial charge in [-0.2, -0.15) is 0 Å². The fourth-order valence-corrected chi connectivity index (χ4v) is 5.24. The Labute approximate surface area is 194 Å². The Balaban J connectivity index is 1.41. The predicted octanol–water partition coefficient (Wildman–Crippen LogP) is 4.28. The Kier molecular flexibility index (Phi) is 6.76. The maximum absolute atomic E-state index is 12.5. The number of aryl methyl sites for hydroxylation is 1. The van der Waals surface area contributed by atoms with Crippen molar-refractivity contribution in [1.29, 1.82) is 0 Å². The molecule has 4 rings (SSSR count). The normalized spacial score (nSPS) is 20.4. The lowest BCUT2D eigenvalue weighted by molar-refractivity contribution is -0.121. The van der Waals surface area contributed by atoms with Crippen LogP contribution in [0.1, 0.15) is 23.3 Å². The molecule has 7 nitrogen and oxygen atoms in total. The number of amidine groups is 1. The molecule has 2 saturated heterocycles. The highest BCUT2D eigenvalue weighted by Gasteiger charge is 2.26. The molecule has 2 aliphatic rings. The van der Waals surface area contributed by atoms with E-state index in [1.807, 2.05) is 19.1 Å². The summed E-state index contributed by atoms with van der Waals surface area (Å²) in [6.07, 6.45) is 5.14. The third kappa shape index (κ3) is 5.54. The lowest BCUT2D eigenvalue weighted by Gasteiger charge is -2.27. The summed E-state index contributed by atoms with van der Waals surface area (Å²) in [6, 6.07) is 5.42. The molecule has 0 radical (unpaired) electrons. The monoisotopic (exact) mass is 475 g/mol. The van der Waals surface area contributed by atoms with E-state index >= 15 is 0 Å². The molecule has 2 aromatic rings. The zero-order chi connectivity index (χ0) is 22.0. The van der Waals surface area contributed by atoms with Crippen molar-refractivity contribution >= 4 is 68.6 Å². The number of piperidine rings is 1. The molecule has 1 aromatic heterocycles. The van der Waals surface area contributed by atoms with Crippen LogP contribution in [0.25, 0.3) is 6.08 Å². The summed E-state index contributed by atoms with van der Waals surface area (Å²) in [5.41, 5.74) is 1.69. The number of thioether (sulfide) groups is 1. The number of likely N-dealkylation sites (tertiary alicyclic amines) is 1. The van der Waals surface area contributed by atoms with Gasteiger partial charge < -0.3 is 15.5 Å². The molecule has 1 aromatic carbocycles. The van der Waals surface area contributed by atoms with Gasteiger partial charge >= 0.3 is 0 Å². The van der Waals surface area contributed by atoms with E-state index in [4.69, 9.17) is 11.6 Å². The zero-order valence-corrected chi connectivity index (χ0v) is 19.5. The lowest BCUT2D eigenvalue weighted by atomic mass is 9.96. The maximum atomic E-state index is 12.5. The fraction of sp³-hybridized carbons (Fsp3) is 0.333. The number of aromatic nitrogens is 1. The molecule has 31 heavy (non-hydrogen) atoms. The first-order valence-corrected chi connectivity index (χ1v) is 11.9. The number of thiazole rings is 1. The molecule has 3 heterocycles. The second kappa shape index (κ2) is 9.52. The molecular formula is C21H22ClN5O2S2. The number of anilines is 1. The number of carbonyl (C=O) groups excluding carboxylic acids is 2. The minimum Gasteiger partial charge on any atom is -0.306 e. The molecule has 0 aliphatic carbocycles. The lowest BCUT2D eigenvalue weighted by Crippen LogP contribution is -2.35. The number of halogens is 1. The van der Waals surface area contributed by atoms with Crippen LogP contribution < -0.4 is 10.6 Å². The molecule has 0 unspecified atom stereocenters. The molecule has 162 valence electrons. The van der Waals surface area contributed by atoms with Crippen molar-refractivity contribution in [2.75, 3.05) is 25.5 Å². The molecule has 0 bridgehead atoms. The van der Waals surface area contributed by atoms with Crippen LogP contribution in [0.2, 0.25) is 5.02 Å². The van der Waals surface area contributed by atoms with Crippen LogP contribution in [0.15, 0.2) is 34.3 Å². The number of hydrogen-bond acceptors (Lipinski definition) is 7. The summed E-state index contributed by atoms with van der Waals surface area (Å²) >= 11 is 8.61. The van der Waals surface area contributed by atoms with Gasteiger partial charge in [0.15, 0.2) is 10.3 Å². The Morgan fingerprint density at radius 2 is 2.16 bits per heavy atom. The van der Waals surface area contributed by atoms with E-state index < -0.39 is 0 Å². The van der Waals surface area contributed by atoms with Crippen molar-refractivity contribution in [3.05, 3.63) is 44.8 Å². The number of nitrogens with one attached hydrogen (secondary N) is 2. The number of aliphatic imine (C=N–C) groups is 1. The summed E-state index contributed by atoms with van der Waals surface area (Å²) in [6.45, 7) is 3.78. The van der Waals surface area contributed by atoms with E-state index in [0.717, 1.165) is 42.1 Å². The third-order valence-corrected chi connectivity index (χ3v) is 7.15. The Morgan fingerprint density at radius 1 is 1.39 bits per heavy atom. The van der Waals surface area contributed by atoms with Crippen LogP contribution in [0.5, 0.6) is 0 Å². The molecule has 2 aliphatic heterocycles. The smallest absolute Gasteiger partial charge is 0.264 e. The number of amides is 2. The van der Waals surface area contributed by atoms with Crippen LogP contribution in [0.4, 0.5) is 10.8 Å². The van der Waals surface area contributed by atoms with E-state index in [1.54, 1.807) is 18.3 Å². The first kappa shape index (κ1) is 22.0. The highest BCUT2D eigenvalue weighted by Crippen LogP contribution is 2.31. The number of rotatable bonds is 4. The highest BCUT2D eigenvalue weighted by molar-refractivity contribution is 8.18. The van der Waals surface area contributed by atoms with E-state index in [0.29, 0.717) is 20.2 Å². The summed E-state index contributed by atoms with van der Waals surface area (Å²) in [4.78, 5) is 37.2. The molecule has 2 N–H and O–H groups in total. The number of hydrogen-bond donors (Lipinski definition) is 2. The maximum Gasteiger partial charge on any atom is 0.264 e. The van der Waals surface area contributed by atoms with Crippen LogP contribution in [0.3, 0.4) is 0 Å². The van der Waals surface area contributed by atoms with Gasteiger partial charge in [0.05, 0.1) is 15.5 Å². The Morgan fingerprint density at radius 3 is 2.90 bits per heavy atom. The molecule has 0 atom stereocenters. The van der Waals surface area contributed by atoms with Crippen LogP contribution in [-0.2, 0) is 9.59 Å². The summed E-state index contributed by atoms with van der Waals surface area (Å²) < 4.78 is 0. The average Bonchev–Trinajstić information content (AvgIpc) is 3.31. The number of benzene rings is 1. The Hall–Kier alpha value is -2.20. The third-order valence-electron chi connectivity index (χ3n) is 5.15. The van der Waals surface area contributed by atoms with Gasteiger partial charge in [-0.05, 0) is 81.5 Å². The minimum atomic E-state index is -0.208. The van der Waals surface area contributed by atoms with Crippen LogP contribution >= 0.6 is 34.7 Å². The quantitative estimate of drug-likeness (QED) is 0.644. The molecule has 0 spiro atoms.